The number of anilines is 2. The average Bonchev–Trinajstić information content (AvgIpc) is 1.68. The molecule has 2 atom stereocenters. The van der Waals surface area contributed by atoms with Crippen LogP contribution in [-0.4, -0.2) is 179 Å². The third-order valence-electron chi connectivity index (χ3n) is 22.1. The maximum absolute atomic E-state index is 18.4. The van der Waals surface area contributed by atoms with E-state index in [4.69, 9.17) is 33.7 Å². The number of likely N-dealkylation sites (tertiary alicyclic amines) is 1. The Kier molecular flexibility index (Phi) is 19.6. The number of fused-ring (bicyclic) bond motifs is 4. The van der Waals surface area contributed by atoms with Crippen molar-refractivity contribution in [1.82, 2.24) is 34.9 Å². The third kappa shape index (κ3) is 14.1. The zero-order valence-electron chi connectivity index (χ0n) is 57.6. The van der Waals surface area contributed by atoms with Crippen LogP contribution in [0.5, 0.6) is 17.5 Å². The molecule has 2 unspecified atom stereocenters. The summed E-state index contributed by atoms with van der Waals surface area (Å²) in [5.74, 6) is 4.02. The minimum absolute atomic E-state index is 0.0485. The van der Waals surface area contributed by atoms with Crippen LogP contribution in [0, 0.1) is 39.8 Å². The first-order valence-corrected chi connectivity index (χ1v) is 37.0. The van der Waals surface area contributed by atoms with E-state index in [0.717, 1.165) is 77.8 Å². The second kappa shape index (κ2) is 27.4. The molecule has 6 heterocycles. The molecule has 7 fully saturated rings. The molecule has 2 aliphatic carbocycles. The number of imide groups is 1. The van der Waals surface area contributed by atoms with E-state index in [-0.39, 0.29) is 83.2 Å². The van der Waals surface area contributed by atoms with Gasteiger partial charge in [0.25, 0.3) is 5.91 Å². The van der Waals surface area contributed by atoms with Crippen molar-refractivity contribution in [2.45, 2.75) is 167 Å². The maximum atomic E-state index is 18.4. The Balaban J connectivity index is 0.734. The van der Waals surface area contributed by atoms with Gasteiger partial charge >= 0.3 is 18.1 Å². The largest absolute Gasteiger partial charge is 0.495 e. The van der Waals surface area contributed by atoms with Gasteiger partial charge in [-0.25, -0.2) is 18.4 Å². The number of methoxy groups -OCH3 is 2. The molecule has 21 heteroatoms. The van der Waals surface area contributed by atoms with Crippen molar-refractivity contribution in [2.24, 2.45) is 16.7 Å². The number of ether oxygens (including phenoxy) is 5. The lowest BCUT2D eigenvalue weighted by Crippen LogP contribution is -2.57. The van der Waals surface area contributed by atoms with Crippen LogP contribution in [0.2, 0.25) is 16.6 Å². The van der Waals surface area contributed by atoms with Gasteiger partial charge in [-0.15, -0.1) is 5.54 Å². The topological polar surface area (TPSA) is 172 Å². The third-order valence-corrected chi connectivity index (χ3v) is 28.4. The molecule has 95 heavy (non-hydrogen) atoms. The van der Waals surface area contributed by atoms with Crippen molar-refractivity contribution in [3.05, 3.63) is 77.4 Å². The molecule has 18 nitrogen and oxygen atoms in total. The Hall–Kier alpha value is -7.12. The number of rotatable bonds is 18. The Bertz CT molecular complexity index is 3750. The smallest absolute Gasteiger partial charge is 0.410 e. The Morgan fingerprint density at radius 1 is 0.768 bits per heavy atom. The average molecular weight is 1320 g/mol. The number of carbonyl (C=O) groups excluding carboxylic acids is 4. The van der Waals surface area contributed by atoms with Gasteiger partial charge in [0.2, 0.25) is 5.91 Å². The molecular weight excluding hydrogens is 1220 g/mol. The van der Waals surface area contributed by atoms with Gasteiger partial charge < -0.3 is 43.3 Å². The lowest BCUT2D eigenvalue weighted by molar-refractivity contribution is -0.120. The molecule has 2 saturated carbocycles. The Morgan fingerprint density at radius 2 is 1.45 bits per heavy atom. The summed E-state index contributed by atoms with van der Waals surface area (Å²) in [4.78, 5) is 75.0. The summed E-state index contributed by atoms with van der Waals surface area (Å²) >= 11 is 0. The molecular formula is C74H97F2N9O9Si. The molecule has 12 rings (SSSR count). The summed E-state index contributed by atoms with van der Waals surface area (Å²) in [5, 5.41) is 4.00. The fourth-order valence-corrected chi connectivity index (χ4v) is 22.0. The standard InChI is InChI=1S/C74H97F2N9O9Si/c1-47(2)95(48(3)4,49(5)6)37-23-57-60(75)18-12-51-38-55(93-46-90-10)40-59(64(51)57)56-16-17-58-66(65(56)76)78-69(79-67(58)83-42-53-14-15-54(43-83)85(53)71(89)94-72(7,8)9)92-45-74(26-27-74)44-81-35-33-80(34-36-81)41-50-20-24-73(25-21-50)28-31-82(32-29-73)68(87)52-13-19-62(91-11)61(39-52)84-30-22-63(86)77-70(84)88/h12-13,16-19,38-40,47-50,53-54H,14-15,20-22,24-36,41-46H2,1-11H3,(H,77,86,88). The van der Waals surface area contributed by atoms with E-state index >= 15 is 8.78 Å². The Morgan fingerprint density at radius 3 is 2.08 bits per heavy atom. The fourth-order valence-electron chi connectivity index (χ4n) is 16.8. The van der Waals surface area contributed by atoms with Crippen LogP contribution in [0.15, 0.2) is 54.6 Å². The second-order valence-corrected chi connectivity index (χ2v) is 35.8. The van der Waals surface area contributed by atoms with Crippen LogP contribution in [0.4, 0.5) is 29.9 Å². The van der Waals surface area contributed by atoms with Crippen LogP contribution in [0.3, 0.4) is 0 Å². The molecule has 2 bridgehead atoms. The van der Waals surface area contributed by atoms with Crippen molar-refractivity contribution in [2.75, 3.05) is 109 Å². The monoisotopic (exact) mass is 1320 g/mol. The van der Waals surface area contributed by atoms with Gasteiger partial charge in [-0.05, 0) is 166 Å². The van der Waals surface area contributed by atoms with Crippen molar-refractivity contribution in [3.63, 3.8) is 0 Å². The number of carbonyl (C=O) groups is 4. The van der Waals surface area contributed by atoms with Gasteiger partial charge in [0.1, 0.15) is 42.3 Å². The molecule has 0 radical (unpaired) electrons. The summed E-state index contributed by atoms with van der Waals surface area (Å²) in [6, 6.07) is 14.8. The fraction of sp³-hybridized carbons (Fsp3) is 0.595. The van der Waals surface area contributed by atoms with Gasteiger partial charge in [-0.3, -0.25) is 24.7 Å². The SMILES string of the molecule is COCOc1cc(-c2ccc3c(N4CC5CCC(C4)N5C(=O)OC(C)(C)C)nc(OCC4(CN5CCN(CC6CCC7(CC6)CCN(C(=O)c6ccc(OC)c(N8CCC(=O)NC8=O)c6)CC7)CC5)CC4)nc3c2F)c2c(C#C[Si](C(C)C)(C(C)C)C(C)C)c(F)ccc2c1. The van der Waals surface area contributed by atoms with Gasteiger partial charge in [0.05, 0.1) is 37.1 Å². The van der Waals surface area contributed by atoms with E-state index in [2.05, 4.69) is 73.0 Å². The van der Waals surface area contributed by atoms with E-state index in [0.29, 0.717) is 106 Å². The summed E-state index contributed by atoms with van der Waals surface area (Å²) in [7, 11) is 0.724. The van der Waals surface area contributed by atoms with Crippen LogP contribution < -0.4 is 29.3 Å². The zero-order chi connectivity index (χ0) is 67.3. The molecule has 510 valence electrons. The molecule has 1 N–H and O–H groups in total. The molecule has 5 aliphatic heterocycles. The summed E-state index contributed by atoms with van der Waals surface area (Å²) < 4.78 is 64.6. The molecule has 5 aromatic rings. The number of benzene rings is 4. The molecule has 1 spiro atoms. The second-order valence-electron chi connectivity index (χ2n) is 30.3. The Labute approximate surface area is 560 Å². The van der Waals surface area contributed by atoms with Gasteiger partial charge in [0.15, 0.2) is 12.6 Å². The van der Waals surface area contributed by atoms with Crippen molar-refractivity contribution < 1.29 is 51.6 Å². The highest BCUT2D eigenvalue weighted by molar-refractivity contribution is 6.90. The zero-order valence-corrected chi connectivity index (χ0v) is 58.6. The first-order chi connectivity index (χ1) is 45.4. The van der Waals surface area contributed by atoms with Crippen molar-refractivity contribution >= 4 is 65.2 Å². The first-order valence-electron chi connectivity index (χ1n) is 34.7. The van der Waals surface area contributed by atoms with E-state index in [1.165, 1.54) is 50.9 Å². The number of piperidine rings is 1. The number of nitrogens with one attached hydrogen (secondary N) is 1. The highest BCUT2D eigenvalue weighted by atomic mass is 28.3. The number of amides is 5. The summed E-state index contributed by atoms with van der Waals surface area (Å²) in [5.41, 5.74) is 6.05. The summed E-state index contributed by atoms with van der Waals surface area (Å²) in [6.07, 6.45) is 10.1. The number of urea groups is 1. The minimum atomic E-state index is -2.34. The predicted octanol–water partition coefficient (Wildman–Crippen LogP) is 13.2. The lowest BCUT2D eigenvalue weighted by atomic mass is 9.65. The lowest BCUT2D eigenvalue weighted by Gasteiger charge is -2.47. The molecule has 5 saturated heterocycles. The molecule has 4 aromatic carbocycles. The number of nitrogens with zero attached hydrogens (tertiary/aromatic N) is 8. The molecule has 7 aliphatic rings. The van der Waals surface area contributed by atoms with Gasteiger partial charge in [-0.1, -0.05) is 59.6 Å². The number of hydrogen-bond donors (Lipinski definition) is 1. The summed E-state index contributed by atoms with van der Waals surface area (Å²) in [6.45, 7) is 27.8. The van der Waals surface area contributed by atoms with E-state index in [9.17, 15) is 19.2 Å². The van der Waals surface area contributed by atoms with Crippen molar-refractivity contribution in [3.8, 4) is 40.1 Å². The number of aromatic nitrogens is 2. The first kappa shape index (κ1) is 67.8. The quantitative estimate of drug-likeness (QED) is 0.0499. The number of piperazine rings is 2. The van der Waals surface area contributed by atoms with Gasteiger partial charge in [0, 0.05) is 113 Å². The van der Waals surface area contributed by atoms with E-state index in [1.807, 2.05) is 42.7 Å². The van der Waals surface area contributed by atoms with E-state index in [1.54, 1.807) is 36.4 Å². The predicted molar refractivity (Wildman–Crippen MR) is 368 cm³/mol. The molecule has 1 aromatic heterocycles. The van der Waals surface area contributed by atoms with Gasteiger partial charge in [-0.2, -0.15) is 9.97 Å². The minimum Gasteiger partial charge on any atom is -0.495 e. The molecule has 5 amide bonds. The van der Waals surface area contributed by atoms with Crippen LogP contribution in [-0.2, 0) is 14.3 Å². The number of hydrogen-bond acceptors (Lipinski definition) is 14. The van der Waals surface area contributed by atoms with Crippen molar-refractivity contribution in [1.29, 1.82) is 0 Å². The normalized spacial score (nSPS) is 21.1. The highest BCUT2D eigenvalue weighted by Crippen LogP contribution is 2.50. The van der Waals surface area contributed by atoms with Crippen LogP contribution in [0.25, 0.3) is 32.8 Å². The van der Waals surface area contributed by atoms with Crippen LogP contribution >= 0.6 is 0 Å². The highest BCUT2D eigenvalue weighted by Gasteiger charge is 2.48. The maximum Gasteiger partial charge on any atom is 0.410 e. The van der Waals surface area contributed by atoms with Crippen LogP contribution in [0.1, 0.15) is 149 Å². The number of halogens is 2. The van der Waals surface area contributed by atoms with E-state index < -0.39 is 31.3 Å².